The smallest absolute Gasteiger partial charge is 0.276 e. The summed E-state index contributed by atoms with van der Waals surface area (Å²) in [5.41, 5.74) is 1.76. The van der Waals surface area contributed by atoms with Crippen molar-refractivity contribution in [3.63, 3.8) is 0 Å². The van der Waals surface area contributed by atoms with Crippen molar-refractivity contribution in [3.05, 3.63) is 62.5 Å². The summed E-state index contributed by atoms with van der Waals surface area (Å²) in [5, 5.41) is 8.62. The molecule has 6 rings (SSSR count). The summed E-state index contributed by atoms with van der Waals surface area (Å²) < 4.78 is 13.9. The highest BCUT2D eigenvalue weighted by molar-refractivity contribution is 5.64. The molecule has 0 saturated carbocycles. The van der Waals surface area contributed by atoms with Crippen molar-refractivity contribution >= 4 is 16.6 Å². The minimum atomic E-state index is -0.163. The fraction of sp³-hybridized carbons (Fsp3) is 0.455. The summed E-state index contributed by atoms with van der Waals surface area (Å²) in [5.74, 6) is 3.12. The SMILES string of the molecule is Cc1nn2c(C3=CCOCC3)ncc2c(=O)[nH]1.Cc1nn2c(C3CCOCC3)ncc2c(=O)[nH]1. The van der Waals surface area contributed by atoms with Gasteiger partial charge in [-0.05, 0) is 38.7 Å². The van der Waals surface area contributed by atoms with Crippen LogP contribution in [0.5, 0.6) is 0 Å². The third-order valence-electron chi connectivity index (χ3n) is 5.89. The number of nitrogens with one attached hydrogen (secondary N) is 2. The molecule has 0 aliphatic carbocycles. The van der Waals surface area contributed by atoms with Gasteiger partial charge in [0.25, 0.3) is 11.1 Å². The van der Waals surface area contributed by atoms with E-state index in [2.05, 4.69) is 30.1 Å². The maximum atomic E-state index is 11.7. The number of aromatic amines is 2. The number of aromatic nitrogens is 8. The highest BCUT2D eigenvalue weighted by Gasteiger charge is 2.21. The van der Waals surface area contributed by atoms with E-state index in [0.29, 0.717) is 41.8 Å². The zero-order valence-corrected chi connectivity index (χ0v) is 19.1. The van der Waals surface area contributed by atoms with E-state index in [-0.39, 0.29) is 11.1 Å². The first-order valence-corrected chi connectivity index (χ1v) is 11.3. The van der Waals surface area contributed by atoms with Gasteiger partial charge < -0.3 is 19.4 Å². The van der Waals surface area contributed by atoms with Gasteiger partial charge in [-0.25, -0.2) is 19.0 Å². The molecule has 0 aromatic carbocycles. The third-order valence-corrected chi connectivity index (χ3v) is 5.89. The molecule has 1 saturated heterocycles. The number of fused-ring (bicyclic) bond motifs is 2. The van der Waals surface area contributed by atoms with Crippen molar-refractivity contribution in [3.8, 4) is 0 Å². The Morgan fingerprint density at radius 2 is 1.53 bits per heavy atom. The Balaban J connectivity index is 0.000000142. The van der Waals surface area contributed by atoms with Gasteiger partial charge in [-0.2, -0.15) is 10.2 Å². The molecule has 0 unspecified atom stereocenters. The Hall–Kier alpha value is -3.64. The number of hydrogen-bond donors (Lipinski definition) is 2. The molecule has 1 fully saturated rings. The molecule has 178 valence electrons. The zero-order valence-electron chi connectivity index (χ0n) is 19.1. The summed E-state index contributed by atoms with van der Waals surface area (Å²) in [7, 11) is 0. The lowest BCUT2D eigenvalue weighted by molar-refractivity contribution is 0.0832. The van der Waals surface area contributed by atoms with E-state index in [4.69, 9.17) is 9.47 Å². The molecule has 0 bridgehead atoms. The van der Waals surface area contributed by atoms with Crippen molar-refractivity contribution in [2.75, 3.05) is 26.4 Å². The molecule has 12 nitrogen and oxygen atoms in total. The standard InChI is InChI=1S/C11H14N4O2.C11H12N4O2/c2*1-7-13-11(16)9-6-12-10(15(9)14-7)8-2-4-17-5-3-8/h6,8H,2-5H2,1H3,(H,13,14,16);2,6H,3-5H2,1H3,(H,13,14,16). The van der Waals surface area contributed by atoms with E-state index in [9.17, 15) is 9.59 Å². The summed E-state index contributed by atoms with van der Waals surface area (Å²) in [6, 6.07) is 0. The van der Waals surface area contributed by atoms with Gasteiger partial charge >= 0.3 is 0 Å². The number of aryl methyl sites for hydroxylation is 2. The molecule has 4 aromatic rings. The van der Waals surface area contributed by atoms with Crippen LogP contribution in [0.4, 0.5) is 0 Å². The van der Waals surface area contributed by atoms with Crippen LogP contribution in [-0.4, -0.2) is 65.6 Å². The minimum Gasteiger partial charge on any atom is -0.381 e. The topological polar surface area (TPSA) is 145 Å². The van der Waals surface area contributed by atoms with Gasteiger partial charge in [0.05, 0.1) is 25.6 Å². The Kier molecular flexibility index (Phi) is 6.07. The highest BCUT2D eigenvalue weighted by Crippen LogP contribution is 2.25. The fourth-order valence-electron chi connectivity index (χ4n) is 4.21. The summed E-state index contributed by atoms with van der Waals surface area (Å²) in [4.78, 5) is 37.4. The maximum absolute atomic E-state index is 11.7. The Morgan fingerprint density at radius 3 is 2.21 bits per heavy atom. The summed E-state index contributed by atoms with van der Waals surface area (Å²) >= 11 is 0. The molecule has 12 heteroatoms. The van der Waals surface area contributed by atoms with E-state index >= 15 is 0 Å². The van der Waals surface area contributed by atoms with Gasteiger partial charge in [0.2, 0.25) is 0 Å². The lowest BCUT2D eigenvalue weighted by Gasteiger charge is -2.20. The highest BCUT2D eigenvalue weighted by atomic mass is 16.5. The van der Waals surface area contributed by atoms with Crippen LogP contribution in [0.3, 0.4) is 0 Å². The lowest BCUT2D eigenvalue weighted by Crippen LogP contribution is -2.19. The molecule has 6 heterocycles. The molecular weight excluding hydrogens is 440 g/mol. The van der Waals surface area contributed by atoms with Gasteiger partial charge in [0, 0.05) is 19.1 Å². The van der Waals surface area contributed by atoms with Crippen molar-refractivity contribution in [2.24, 2.45) is 0 Å². The van der Waals surface area contributed by atoms with Crippen LogP contribution in [0, 0.1) is 13.8 Å². The van der Waals surface area contributed by atoms with Crippen molar-refractivity contribution in [1.29, 1.82) is 0 Å². The molecule has 2 aliphatic heterocycles. The molecule has 0 radical (unpaired) electrons. The maximum Gasteiger partial charge on any atom is 0.276 e. The number of nitrogens with zero attached hydrogens (tertiary/aromatic N) is 6. The van der Waals surface area contributed by atoms with Crippen LogP contribution >= 0.6 is 0 Å². The zero-order chi connectivity index (χ0) is 23.7. The Labute approximate surface area is 193 Å². The van der Waals surface area contributed by atoms with Crippen LogP contribution in [0.2, 0.25) is 0 Å². The Morgan fingerprint density at radius 1 is 0.882 bits per heavy atom. The van der Waals surface area contributed by atoms with E-state index < -0.39 is 0 Å². The number of imidazole rings is 2. The quantitative estimate of drug-likeness (QED) is 0.448. The molecule has 2 N–H and O–H groups in total. The second-order valence-corrected chi connectivity index (χ2v) is 8.31. The molecule has 4 aromatic heterocycles. The van der Waals surface area contributed by atoms with Gasteiger partial charge in [0.1, 0.15) is 17.5 Å². The third kappa shape index (κ3) is 4.29. The first-order valence-electron chi connectivity index (χ1n) is 11.3. The lowest BCUT2D eigenvalue weighted by atomic mass is 10.00. The van der Waals surface area contributed by atoms with Gasteiger partial charge in [-0.3, -0.25) is 9.59 Å². The molecule has 0 atom stereocenters. The van der Waals surface area contributed by atoms with Crippen LogP contribution in [0.25, 0.3) is 16.6 Å². The number of H-pyrrole nitrogens is 2. The second-order valence-electron chi connectivity index (χ2n) is 8.31. The summed E-state index contributed by atoms with van der Waals surface area (Å²) in [6.45, 7) is 6.30. The fourth-order valence-corrected chi connectivity index (χ4v) is 4.21. The predicted molar refractivity (Wildman–Crippen MR) is 123 cm³/mol. The Bertz CT molecular complexity index is 1470. The largest absolute Gasteiger partial charge is 0.381 e. The van der Waals surface area contributed by atoms with Crippen molar-refractivity contribution in [2.45, 2.75) is 39.0 Å². The molecule has 0 amide bonds. The second kappa shape index (κ2) is 9.31. The van der Waals surface area contributed by atoms with Crippen molar-refractivity contribution in [1.82, 2.24) is 39.2 Å². The van der Waals surface area contributed by atoms with E-state index in [1.807, 2.05) is 6.08 Å². The van der Waals surface area contributed by atoms with Crippen LogP contribution in [0.15, 0.2) is 28.1 Å². The average Bonchev–Trinajstić information content (AvgIpc) is 3.45. The molecule has 34 heavy (non-hydrogen) atoms. The first-order chi connectivity index (χ1) is 16.5. The monoisotopic (exact) mass is 466 g/mol. The normalized spacial score (nSPS) is 16.9. The number of ether oxygens (including phenoxy) is 2. The molecule has 2 aliphatic rings. The first kappa shape index (κ1) is 22.2. The minimum absolute atomic E-state index is 0.136. The summed E-state index contributed by atoms with van der Waals surface area (Å²) in [6.07, 6.45) is 7.80. The molecular formula is C22H26N8O4. The van der Waals surface area contributed by atoms with Gasteiger partial charge in [-0.1, -0.05) is 6.08 Å². The van der Waals surface area contributed by atoms with Crippen LogP contribution < -0.4 is 11.1 Å². The van der Waals surface area contributed by atoms with Crippen LogP contribution in [-0.2, 0) is 9.47 Å². The van der Waals surface area contributed by atoms with E-state index in [1.165, 1.54) is 0 Å². The van der Waals surface area contributed by atoms with Crippen molar-refractivity contribution < 1.29 is 9.47 Å². The van der Waals surface area contributed by atoms with Gasteiger partial charge in [0.15, 0.2) is 16.9 Å². The van der Waals surface area contributed by atoms with E-state index in [0.717, 1.165) is 49.7 Å². The average molecular weight is 467 g/mol. The van der Waals surface area contributed by atoms with E-state index in [1.54, 1.807) is 35.3 Å². The van der Waals surface area contributed by atoms with Gasteiger partial charge in [-0.15, -0.1) is 0 Å². The molecule has 0 spiro atoms. The number of rotatable bonds is 2. The predicted octanol–water partition coefficient (Wildman–Crippen LogP) is 1.15. The number of hydrogen-bond acceptors (Lipinski definition) is 8. The van der Waals surface area contributed by atoms with Crippen LogP contribution in [0.1, 0.15) is 48.5 Å².